The van der Waals surface area contributed by atoms with Crippen LogP contribution in [-0.2, 0) is 4.79 Å². The normalized spacial score (nSPS) is 25.7. The summed E-state index contributed by atoms with van der Waals surface area (Å²) >= 11 is 3.48. The summed E-state index contributed by atoms with van der Waals surface area (Å²) in [4.78, 5) is 14.7. The molecular weight excluding hydrogens is 302 g/mol. The zero-order valence-electron chi connectivity index (χ0n) is 11.1. The molecule has 0 saturated heterocycles. The van der Waals surface area contributed by atoms with Crippen molar-refractivity contribution in [1.82, 2.24) is 4.90 Å². The summed E-state index contributed by atoms with van der Waals surface area (Å²) in [5.41, 5.74) is 1.33. The number of hydrogen-bond donors (Lipinski definition) is 0. The van der Waals surface area contributed by atoms with E-state index in [-0.39, 0.29) is 5.92 Å². The van der Waals surface area contributed by atoms with Crippen molar-refractivity contribution in [2.45, 2.75) is 37.6 Å². The van der Waals surface area contributed by atoms with E-state index >= 15 is 0 Å². The van der Waals surface area contributed by atoms with Crippen molar-refractivity contribution in [3.05, 3.63) is 35.9 Å². The summed E-state index contributed by atoms with van der Waals surface area (Å²) < 4.78 is 0. The SMILES string of the molecule is O=C(C1CC1c1ccccc1)N(CCBr)C1CCC1. The van der Waals surface area contributed by atoms with Crippen LogP contribution >= 0.6 is 15.9 Å². The molecule has 2 aliphatic rings. The van der Waals surface area contributed by atoms with Gasteiger partial charge in [-0.05, 0) is 37.2 Å². The maximum Gasteiger partial charge on any atom is 0.226 e. The Morgan fingerprint density at radius 2 is 2.00 bits per heavy atom. The summed E-state index contributed by atoms with van der Waals surface area (Å²) in [5, 5.41) is 0.887. The number of nitrogens with zero attached hydrogens (tertiary/aromatic N) is 1. The number of alkyl halides is 1. The van der Waals surface area contributed by atoms with E-state index in [1.807, 2.05) is 6.07 Å². The summed E-state index contributed by atoms with van der Waals surface area (Å²) in [6.45, 7) is 0.863. The zero-order chi connectivity index (χ0) is 13.2. The molecule has 2 nitrogen and oxygen atoms in total. The van der Waals surface area contributed by atoms with Crippen molar-refractivity contribution in [3.8, 4) is 0 Å². The van der Waals surface area contributed by atoms with E-state index in [1.165, 1.54) is 24.8 Å². The summed E-state index contributed by atoms with van der Waals surface area (Å²) in [6.07, 6.45) is 4.71. The maximum absolute atomic E-state index is 12.6. The molecule has 0 bridgehead atoms. The van der Waals surface area contributed by atoms with Gasteiger partial charge in [0, 0.05) is 23.8 Å². The van der Waals surface area contributed by atoms with Gasteiger partial charge in [0.1, 0.15) is 0 Å². The molecule has 2 unspecified atom stereocenters. The van der Waals surface area contributed by atoms with Gasteiger partial charge in [-0.15, -0.1) is 0 Å². The van der Waals surface area contributed by atoms with E-state index in [1.54, 1.807) is 0 Å². The van der Waals surface area contributed by atoms with E-state index in [0.717, 1.165) is 18.3 Å². The Morgan fingerprint density at radius 1 is 1.26 bits per heavy atom. The lowest BCUT2D eigenvalue weighted by Gasteiger charge is -2.37. The molecule has 2 saturated carbocycles. The molecule has 2 fully saturated rings. The lowest BCUT2D eigenvalue weighted by Crippen LogP contribution is -2.46. The molecule has 0 N–H and O–H groups in total. The molecule has 2 atom stereocenters. The highest BCUT2D eigenvalue weighted by atomic mass is 79.9. The third-order valence-corrected chi connectivity index (χ3v) is 4.81. The number of rotatable bonds is 5. The van der Waals surface area contributed by atoms with Crippen molar-refractivity contribution in [2.75, 3.05) is 11.9 Å². The number of carbonyl (C=O) groups excluding carboxylic acids is 1. The smallest absolute Gasteiger partial charge is 0.226 e. The average molecular weight is 322 g/mol. The van der Waals surface area contributed by atoms with Gasteiger partial charge in [-0.1, -0.05) is 46.3 Å². The van der Waals surface area contributed by atoms with Gasteiger partial charge in [0.05, 0.1) is 0 Å². The number of carbonyl (C=O) groups is 1. The molecule has 19 heavy (non-hydrogen) atoms. The highest BCUT2D eigenvalue weighted by Crippen LogP contribution is 2.49. The van der Waals surface area contributed by atoms with Gasteiger partial charge in [0.2, 0.25) is 5.91 Å². The number of amides is 1. The average Bonchev–Trinajstić information content (AvgIpc) is 3.16. The maximum atomic E-state index is 12.6. The van der Waals surface area contributed by atoms with E-state index < -0.39 is 0 Å². The third-order valence-electron chi connectivity index (χ3n) is 4.46. The van der Waals surface area contributed by atoms with E-state index in [9.17, 15) is 4.79 Å². The molecule has 1 aromatic rings. The van der Waals surface area contributed by atoms with Crippen molar-refractivity contribution >= 4 is 21.8 Å². The molecule has 3 rings (SSSR count). The molecule has 0 radical (unpaired) electrons. The van der Waals surface area contributed by atoms with Crippen molar-refractivity contribution in [1.29, 1.82) is 0 Å². The molecule has 1 aromatic carbocycles. The molecule has 3 heteroatoms. The molecule has 0 heterocycles. The van der Waals surface area contributed by atoms with Crippen LogP contribution in [0.4, 0.5) is 0 Å². The van der Waals surface area contributed by atoms with Gasteiger partial charge >= 0.3 is 0 Å². The van der Waals surface area contributed by atoms with Crippen molar-refractivity contribution in [2.24, 2.45) is 5.92 Å². The highest BCUT2D eigenvalue weighted by molar-refractivity contribution is 9.09. The van der Waals surface area contributed by atoms with Crippen molar-refractivity contribution < 1.29 is 4.79 Å². The quantitative estimate of drug-likeness (QED) is 0.759. The Hall–Kier alpha value is -0.830. The summed E-state index contributed by atoms with van der Waals surface area (Å²) in [7, 11) is 0. The molecule has 1 amide bonds. The minimum Gasteiger partial charge on any atom is -0.339 e. The van der Waals surface area contributed by atoms with Gasteiger partial charge in [-0.3, -0.25) is 4.79 Å². The topological polar surface area (TPSA) is 20.3 Å². The predicted octanol–water partition coefficient (Wildman–Crippen LogP) is 3.57. The van der Waals surface area contributed by atoms with Gasteiger partial charge < -0.3 is 4.90 Å². The first-order chi connectivity index (χ1) is 9.31. The molecule has 2 aliphatic carbocycles. The van der Waals surface area contributed by atoms with Crippen LogP contribution in [-0.4, -0.2) is 28.7 Å². The van der Waals surface area contributed by atoms with E-state index in [0.29, 0.717) is 17.9 Å². The minimum atomic E-state index is 0.238. The van der Waals surface area contributed by atoms with Crippen LogP contribution < -0.4 is 0 Å². The second-order valence-corrected chi connectivity index (χ2v) is 6.46. The van der Waals surface area contributed by atoms with Crippen LogP contribution in [0.3, 0.4) is 0 Å². The Kier molecular flexibility index (Phi) is 3.92. The first-order valence-corrected chi connectivity index (χ1v) is 8.35. The third kappa shape index (κ3) is 2.71. The van der Waals surface area contributed by atoms with Gasteiger partial charge in [-0.2, -0.15) is 0 Å². The van der Waals surface area contributed by atoms with E-state index in [2.05, 4.69) is 45.1 Å². The first-order valence-electron chi connectivity index (χ1n) is 7.22. The van der Waals surface area contributed by atoms with Gasteiger partial charge in [0.25, 0.3) is 0 Å². The molecular formula is C16H20BrNO. The fourth-order valence-corrected chi connectivity index (χ4v) is 3.39. The van der Waals surface area contributed by atoms with Crippen LogP contribution in [0.2, 0.25) is 0 Å². The van der Waals surface area contributed by atoms with Crippen LogP contribution in [0.1, 0.15) is 37.2 Å². The summed E-state index contributed by atoms with van der Waals surface area (Å²) in [5.74, 6) is 1.09. The Balaban J connectivity index is 1.64. The molecule has 102 valence electrons. The Bertz CT molecular complexity index is 443. The van der Waals surface area contributed by atoms with Crippen LogP contribution in [0.15, 0.2) is 30.3 Å². The fourth-order valence-electron chi connectivity index (χ4n) is 3.01. The highest BCUT2D eigenvalue weighted by Gasteiger charge is 2.47. The van der Waals surface area contributed by atoms with Gasteiger partial charge in [-0.25, -0.2) is 0 Å². The lowest BCUT2D eigenvalue weighted by molar-refractivity contribution is -0.136. The number of halogens is 1. The molecule has 0 spiro atoms. The fraction of sp³-hybridized carbons (Fsp3) is 0.562. The number of hydrogen-bond acceptors (Lipinski definition) is 1. The lowest BCUT2D eigenvalue weighted by atomic mass is 9.91. The first kappa shape index (κ1) is 13.2. The number of benzene rings is 1. The molecule has 0 aliphatic heterocycles. The monoisotopic (exact) mass is 321 g/mol. The standard InChI is InChI=1S/C16H20BrNO/c17-9-10-18(13-7-4-8-13)16(19)15-11-14(15)12-5-2-1-3-6-12/h1-3,5-6,13-15H,4,7-11H2. The summed E-state index contributed by atoms with van der Waals surface area (Å²) in [6, 6.07) is 11.0. The van der Waals surface area contributed by atoms with Gasteiger partial charge in [0.15, 0.2) is 0 Å². The van der Waals surface area contributed by atoms with E-state index in [4.69, 9.17) is 0 Å². The molecule has 0 aromatic heterocycles. The second kappa shape index (κ2) is 5.66. The van der Waals surface area contributed by atoms with Crippen LogP contribution in [0.5, 0.6) is 0 Å². The van der Waals surface area contributed by atoms with Crippen LogP contribution in [0, 0.1) is 5.92 Å². The second-order valence-electron chi connectivity index (χ2n) is 5.66. The predicted molar refractivity (Wildman–Crippen MR) is 80.4 cm³/mol. The largest absolute Gasteiger partial charge is 0.339 e. The van der Waals surface area contributed by atoms with Crippen LogP contribution in [0.25, 0.3) is 0 Å². The Labute approximate surface area is 123 Å². The Morgan fingerprint density at radius 3 is 2.58 bits per heavy atom. The van der Waals surface area contributed by atoms with Crippen molar-refractivity contribution in [3.63, 3.8) is 0 Å². The minimum absolute atomic E-state index is 0.238. The zero-order valence-corrected chi connectivity index (χ0v) is 12.7.